The lowest BCUT2D eigenvalue weighted by molar-refractivity contribution is -0.0504. The molecule has 1 amide bonds. The molecule has 0 heterocycles. The van der Waals surface area contributed by atoms with Gasteiger partial charge < -0.3 is 20.7 Å². The van der Waals surface area contributed by atoms with Crippen LogP contribution in [0.4, 0.5) is 8.78 Å². The fourth-order valence-electron chi connectivity index (χ4n) is 2.57. The molecule has 0 unspecified atom stereocenters. The van der Waals surface area contributed by atoms with Crippen LogP contribution in [0.5, 0.6) is 5.75 Å². The lowest BCUT2D eigenvalue weighted by atomic mass is 10.1. The van der Waals surface area contributed by atoms with Crippen LogP contribution < -0.4 is 20.7 Å². The number of guanidine groups is 1. The Morgan fingerprint density at radius 1 is 1.13 bits per heavy atom. The van der Waals surface area contributed by atoms with Crippen molar-refractivity contribution in [2.45, 2.75) is 26.6 Å². The first-order valence-electron chi connectivity index (χ1n) is 8.97. The number of nitrogens with one attached hydrogen (secondary N) is 3. The van der Waals surface area contributed by atoms with Gasteiger partial charge in [-0.05, 0) is 42.8 Å². The van der Waals surface area contributed by atoms with Crippen molar-refractivity contribution in [1.29, 1.82) is 0 Å². The molecule has 0 aliphatic rings. The van der Waals surface area contributed by atoms with Crippen LogP contribution in [-0.2, 0) is 13.1 Å². The molecule has 0 spiro atoms. The van der Waals surface area contributed by atoms with Crippen LogP contribution in [0.3, 0.4) is 0 Å². The second-order valence-electron chi connectivity index (χ2n) is 5.97. The van der Waals surface area contributed by atoms with Crippen molar-refractivity contribution in [2.24, 2.45) is 4.99 Å². The molecule has 2 aromatic carbocycles. The summed E-state index contributed by atoms with van der Waals surface area (Å²) in [6.45, 7) is 0.0869. The summed E-state index contributed by atoms with van der Waals surface area (Å²) in [5.74, 6) is 0.364. The van der Waals surface area contributed by atoms with E-state index in [1.54, 1.807) is 31.3 Å². The number of rotatable bonds is 8. The van der Waals surface area contributed by atoms with Gasteiger partial charge in [0.1, 0.15) is 5.75 Å². The molecule has 0 saturated heterocycles. The van der Waals surface area contributed by atoms with E-state index in [0.29, 0.717) is 35.2 Å². The third-order valence-corrected chi connectivity index (χ3v) is 4.13. The largest absolute Gasteiger partial charge is 0.434 e. The molecule has 2 rings (SSSR count). The quantitative estimate of drug-likeness (QED) is 0.261. The van der Waals surface area contributed by atoms with Gasteiger partial charge in [-0.3, -0.25) is 9.79 Å². The molecule has 0 aliphatic carbocycles. The number of halogens is 4. The highest BCUT2D eigenvalue weighted by Crippen LogP contribution is 2.24. The van der Waals surface area contributed by atoms with E-state index in [2.05, 4.69) is 25.7 Å². The summed E-state index contributed by atoms with van der Waals surface area (Å²) in [4.78, 5) is 16.1. The van der Waals surface area contributed by atoms with Crippen molar-refractivity contribution in [3.8, 4) is 5.75 Å². The third kappa shape index (κ3) is 8.31. The lowest BCUT2D eigenvalue weighted by Crippen LogP contribution is -2.36. The molecule has 6 nitrogen and oxygen atoms in total. The van der Waals surface area contributed by atoms with E-state index in [1.807, 2.05) is 13.0 Å². The van der Waals surface area contributed by atoms with Crippen LogP contribution in [-0.4, -0.2) is 32.1 Å². The van der Waals surface area contributed by atoms with Crippen LogP contribution in [0.1, 0.15) is 28.4 Å². The monoisotopic (exact) mass is 552 g/mol. The van der Waals surface area contributed by atoms with Gasteiger partial charge in [0.25, 0.3) is 5.91 Å². The maximum atomic E-state index is 12.6. The molecule has 30 heavy (non-hydrogen) atoms. The van der Waals surface area contributed by atoms with Gasteiger partial charge in [-0.15, -0.1) is 24.0 Å². The number of carbonyl (C=O) groups is 1. The number of hydrogen-bond donors (Lipinski definition) is 3. The summed E-state index contributed by atoms with van der Waals surface area (Å²) in [6.07, 6.45) is 0. The van der Waals surface area contributed by atoms with E-state index in [1.165, 1.54) is 12.1 Å². The molecule has 164 valence electrons. The molecule has 2 aromatic rings. The standard InChI is InChI=1S/C20H23ClF2N4O2.HI/c1-3-25-18(28)14-6-4-5-13(9-14)11-26-20(24-2)27-12-15-10-16(21)7-8-17(15)29-19(22)23;/h4-10,19H,3,11-12H2,1-2H3,(H,25,28)(H2,24,26,27);1H. The highest BCUT2D eigenvalue weighted by atomic mass is 127. The first kappa shape index (κ1) is 25.9. The van der Waals surface area contributed by atoms with Gasteiger partial charge in [-0.2, -0.15) is 8.78 Å². The van der Waals surface area contributed by atoms with Crippen molar-refractivity contribution in [1.82, 2.24) is 16.0 Å². The molecule has 0 fully saturated rings. The van der Waals surface area contributed by atoms with Crippen molar-refractivity contribution >= 4 is 47.4 Å². The second-order valence-corrected chi connectivity index (χ2v) is 6.41. The van der Waals surface area contributed by atoms with Crippen molar-refractivity contribution in [3.05, 3.63) is 64.2 Å². The fourth-order valence-corrected chi connectivity index (χ4v) is 2.76. The maximum absolute atomic E-state index is 12.6. The Hall–Kier alpha value is -2.14. The summed E-state index contributed by atoms with van der Waals surface area (Å²) in [7, 11) is 1.59. The van der Waals surface area contributed by atoms with Gasteiger partial charge in [-0.25, -0.2) is 0 Å². The number of aliphatic imine (C=N–C) groups is 1. The van der Waals surface area contributed by atoms with Crippen LogP contribution in [0.15, 0.2) is 47.5 Å². The number of ether oxygens (including phenoxy) is 1. The first-order valence-corrected chi connectivity index (χ1v) is 9.35. The number of alkyl halides is 2. The molecular weight excluding hydrogens is 529 g/mol. The highest BCUT2D eigenvalue weighted by Gasteiger charge is 2.11. The molecule has 0 bridgehead atoms. The minimum absolute atomic E-state index is 0. The normalized spacial score (nSPS) is 10.9. The molecule has 0 saturated carbocycles. The molecule has 0 radical (unpaired) electrons. The van der Waals surface area contributed by atoms with Gasteiger partial charge in [0.05, 0.1) is 0 Å². The number of benzene rings is 2. The van der Waals surface area contributed by atoms with Gasteiger partial charge >= 0.3 is 6.61 Å². The van der Waals surface area contributed by atoms with Gasteiger partial charge in [0, 0.05) is 42.8 Å². The van der Waals surface area contributed by atoms with Gasteiger partial charge in [-0.1, -0.05) is 23.7 Å². The van der Waals surface area contributed by atoms with E-state index in [9.17, 15) is 13.6 Å². The Morgan fingerprint density at radius 2 is 1.87 bits per heavy atom. The fraction of sp³-hybridized carbons (Fsp3) is 0.300. The first-order chi connectivity index (χ1) is 13.9. The van der Waals surface area contributed by atoms with E-state index < -0.39 is 6.61 Å². The highest BCUT2D eigenvalue weighted by molar-refractivity contribution is 14.0. The summed E-state index contributed by atoms with van der Waals surface area (Å²) in [6, 6.07) is 11.6. The number of amides is 1. The molecular formula is C20H24ClF2IN4O2. The zero-order chi connectivity index (χ0) is 21.2. The Morgan fingerprint density at radius 3 is 2.53 bits per heavy atom. The summed E-state index contributed by atoms with van der Waals surface area (Å²) < 4.78 is 29.7. The molecule has 0 atom stereocenters. The summed E-state index contributed by atoms with van der Waals surface area (Å²) in [5.41, 5.74) is 1.93. The number of carbonyl (C=O) groups excluding carboxylic acids is 1. The average molecular weight is 553 g/mol. The van der Waals surface area contributed by atoms with Gasteiger partial charge in [0.15, 0.2) is 5.96 Å². The topological polar surface area (TPSA) is 74.8 Å². The second kappa shape index (κ2) is 13.2. The Labute approximate surface area is 196 Å². The predicted octanol–water partition coefficient (Wildman–Crippen LogP) is 4.17. The summed E-state index contributed by atoms with van der Waals surface area (Å²) in [5, 5.41) is 9.31. The lowest BCUT2D eigenvalue weighted by Gasteiger charge is -2.15. The third-order valence-electron chi connectivity index (χ3n) is 3.89. The smallest absolute Gasteiger partial charge is 0.387 e. The van der Waals surface area contributed by atoms with Crippen molar-refractivity contribution in [3.63, 3.8) is 0 Å². The predicted molar refractivity (Wildman–Crippen MR) is 125 cm³/mol. The Balaban J connectivity index is 0.00000450. The molecule has 0 aliphatic heterocycles. The summed E-state index contributed by atoms with van der Waals surface area (Å²) >= 11 is 5.96. The minimum Gasteiger partial charge on any atom is -0.434 e. The molecule has 3 N–H and O–H groups in total. The van der Waals surface area contributed by atoms with Gasteiger partial charge in [0.2, 0.25) is 0 Å². The van der Waals surface area contributed by atoms with Crippen LogP contribution in [0, 0.1) is 0 Å². The Bertz CT molecular complexity index is 868. The molecule has 10 heteroatoms. The van der Waals surface area contributed by atoms with Crippen molar-refractivity contribution < 1.29 is 18.3 Å². The SMILES string of the molecule is CCNC(=O)c1cccc(CNC(=NC)NCc2cc(Cl)ccc2OC(F)F)c1.I. The van der Waals surface area contributed by atoms with Crippen molar-refractivity contribution in [2.75, 3.05) is 13.6 Å². The van der Waals surface area contributed by atoms with Crippen LogP contribution in [0.2, 0.25) is 5.02 Å². The zero-order valence-electron chi connectivity index (χ0n) is 16.5. The minimum atomic E-state index is -2.93. The average Bonchev–Trinajstić information content (AvgIpc) is 2.70. The number of hydrogen-bond acceptors (Lipinski definition) is 3. The Kier molecular flexibility index (Phi) is 11.4. The maximum Gasteiger partial charge on any atom is 0.387 e. The van der Waals surface area contributed by atoms with Crippen LogP contribution >= 0.6 is 35.6 Å². The van der Waals surface area contributed by atoms with Crippen LogP contribution in [0.25, 0.3) is 0 Å². The van der Waals surface area contributed by atoms with E-state index in [-0.39, 0.29) is 42.2 Å². The number of nitrogens with zero attached hydrogens (tertiary/aromatic N) is 1. The zero-order valence-corrected chi connectivity index (χ0v) is 19.6. The van der Waals surface area contributed by atoms with E-state index in [0.717, 1.165) is 5.56 Å². The van der Waals surface area contributed by atoms with E-state index in [4.69, 9.17) is 11.6 Å². The molecule has 0 aromatic heterocycles. The van der Waals surface area contributed by atoms with E-state index >= 15 is 0 Å².